The molecule has 3 heterocycles. The number of pyridine rings is 1. The maximum Gasteiger partial charge on any atom is 0.323 e. The lowest BCUT2D eigenvalue weighted by molar-refractivity contribution is 0.104. The van der Waals surface area contributed by atoms with Gasteiger partial charge in [-0.2, -0.15) is 0 Å². The number of urea groups is 1. The molecule has 3 aromatic heterocycles. The number of nitrogens with one attached hydrogen (secondary N) is 3. The molecule has 0 spiro atoms. The molecule has 0 saturated heterocycles. The Balaban J connectivity index is 1.61. The highest BCUT2D eigenvalue weighted by molar-refractivity contribution is 6.36. The summed E-state index contributed by atoms with van der Waals surface area (Å²) in [6.45, 7) is 0. The summed E-state index contributed by atoms with van der Waals surface area (Å²) in [5, 5.41) is 5.96. The smallest absolute Gasteiger partial charge is 0.323 e. The van der Waals surface area contributed by atoms with Crippen molar-refractivity contribution in [1.82, 2.24) is 19.9 Å². The molecule has 1 aromatic carbocycles. The number of aromatic nitrogens is 4. The number of ketones is 1. The molecule has 4 aromatic rings. The molecular formula is C19H14ClN7O2. The highest BCUT2D eigenvalue weighted by Crippen LogP contribution is 2.28. The summed E-state index contributed by atoms with van der Waals surface area (Å²) in [5.74, 6) is -0.195. The zero-order chi connectivity index (χ0) is 20.4. The zero-order valence-electron chi connectivity index (χ0n) is 14.8. The third-order valence-electron chi connectivity index (χ3n) is 4.13. The number of rotatable bonds is 4. The van der Waals surface area contributed by atoms with Gasteiger partial charge < -0.3 is 21.4 Å². The second-order valence-electron chi connectivity index (χ2n) is 6.03. The van der Waals surface area contributed by atoms with Gasteiger partial charge in [0.15, 0.2) is 5.78 Å². The molecule has 0 bridgehead atoms. The molecule has 0 saturated carbocycles. The minimum Gasteiger partial charge on any atom is -0.383 e. The van der Waals surface area contributed by atoms with Gasteiger partial charge in [0.2, 0.25) is 0 Å². The van der Waals surface area contributed by atoms with Crippen molar-refractivity contribution in [3.05, 3.63) is 71.4 Å². The van der Waals surface area contributed by atoms with E-state index in [0.29, 0.717) is 22.4 Å². The highest BCUT2D eigenvalue weighted by Gasteiger charge is 2.20. The Labute approximate surface area is 169 Å². The number of halogens is 1. The van der Waals surface area contributed by atoms with Gasteiger partial charge >= 0.3 is 6.03 Å². The summed E-state index contributed by atoms with van der Waals surface area (Å²) in [7, 11) is 0. The standard InChI is InChI=1S/C19H14ClN7O2/c20-14-4-3-10(26-19(29)27-11-2-1-5-22-7-11)6-12(14)16(28)13-8-23-18-15(13)17(21)24-9-25-18/h1-9H,(H2,26,27,29)(H3,21,23,24,25). The van der Waals surface area contributed by atoms with Crippen LogP contribution < -0.4 is 16.4 Å². The molecular weight excluding hydrogens is 394 g/mol. The lowest BCUT2D eigenvalue weighted by Crippen LogP contribution is -2.19. The number of carbonyl (C=O) groups is 2. The summed E-state index contributed by atoms with van der Waals surface area (Å²) in [6.07, 6.45) is 5.92. The van der Waals surface area contributed by atoms with Crippen molar-refractivity contribution in [2.75, 3.05) is 16.4 Å². The third-order valence-corrected chi connectivity index (χ3v) is 4.46. The van der Waals surface area contributed by atoms with E-state index < -0.39 is 6.03 Å². The molecule has 144 valence electrons. The van der Waals surface area contributed by atoms with Crippen molar-refractivity contribution in [3.63, 3.8) is 0 Å². The molecule has 2 amide bonds. The third kappa shape index (κ3) is 3.71. The van der Waals surface area contributed by atoms with E-state index in [1.54, 1.807) is 24.4 Å². The number of nitrogens with zero attached hydrogens (tertiary/aromatic N) is 3. The first-order chi connectivity index (χ1) is 14.0. The summed E-state index contributed by atoms with van der Waals surface area (Å²) in [6, 6.07) is 7.53. The van der Waals surface area contributed by atoms with Gasteiger partial charge in [0.05, 0.1) is 27.9 Å². The van der Waals surface area contributed by atoms with E-state index in [1.807, 2.05) is 0 Å². The van der Waals surface area contributed by atoms with E-state index >= 15 is 0 Å². The second-order valence-corrected chi connectivity index (χ2v) is 6.44. The number of anilines is 3. The Morgan fingerprint density at radius 3 is 2.69 bits per heavy atom. The molecule has 0 aliphatic carbocycles. The van der Waals surface area contributed by atoms with E-state index in [4.69, 9.17) is 17.3 Å². The average Bonchev–Trinajstić information content (AvgIpc) is 3.15. The average molecular weight is 408 g/mol. The SMILES string of the molecule is Nc1ncnc2[nH]cc(C(=O)c3cc(NC(=O)Nc4cccnc4)ccc3Cl)c12. The number of fused-ring (bicyclic) bond motifs is 1. The Bertz CT molecular complexity index is 1220. The number of hydrogen-bond donors (Lipinski definition) is 4. The van der Waals surface area contributed by atoms with E-state index in [9.17, 15) is 9.59 Å². The van der Waals surface area contributed by atoms with Crippen LogP contribution in [-0.2, 0) is 0 Å². The number of carbonyl (C=O) groups excluding carboxylic acids is 2. The van der Waals surface area contributed by atoms with Crippen LogP contribution in [0.2, 0.25) is 5.02 Å². The number of H-pyrrole nitrogens is 1. The molecule has 5 N–H and O–H groups in total. The fraction of sp³-hybridized carbons (Fsp3) is 0. The number of benzene rings is 1. The number of amides is 2. The minimum absolute atomic E-state index is 0.181. The van der Waals surface area contributed by atoms with Crippen molar-refractivity contribution in [2.45, 2.75) is 0 Å². The second kappa shape index (κ2) is 7.56. The lowest BCUT2D eigenvalue weighted by atomic mass is 10.0. The number of aromatic amines is 1. The Hall–Kier alpha value is -3.98. The number of hydrogen-bond acceptors (Lipinski definition) is 6. The van der Waals surface area contributed by atoms with Crippen molar-refractivity contribution in [3.8, 4) is 0 Å². The van der Waals surface area contributed by atoms with Crippen molar-refractivity contribution in [2.24, 2.45) is 0 Å². The monoisotopic (exact) mass is 407 g/mol. The maximum absolute atomic E-state index is 13.1. The Kier molecular flexibility index (Phi) is 4.80. The summed E-state index contributed by atoms with van der Waals surface area (Å²) >= 11 is 6.24. The first-order valence-corrected chi connectivity index (χ1v) is 8.80. The molecule has 0 unspecified atom stereocenters. The first kappa shape index (κ1) is 18.4. The van der Waals surface area contributed by atoms with Crippen molar-refractivity contribution < 1.29 is 9.59 Å². The fourth-order valence-electron chi connectivity index (χ4n) is 2.82. The molecule has 10 heteroatoms. The van der Waals surface area contributed by atoms with Gasteiger partial charge in [-0.15, -0.1) is 0 Å². The van der Waals surface area contributed by atoms with Crippen LogP contribution in [0.15, 0.2) is 55.2 Å². The molecule has 9 nitrogen and oxygen atoms in total. The molecule has 29 heavy (non-hydrogen) atoms. The van der Waals surface area contributed by atoms with Crippen LogP contribution in [0.5, 0.6) is 0 Å². The summed E-state index contributed by atoms with van der Waals surface area (Å²) in [4.78, 5) is 40.1. The van der Waals surface area contributed by atoms with Gasteiger partial charge in [0.25, 0.3) is 0 Å². The molecule has 0 fully saturated rings. The zero-order valence-corrected chi connectivity index (χ0v) is 15.6. The number of nitrogen functional groups attached to an aromatic ring is 1. The van der Waals surface area contributed by atoms with Crippen LogP contribution in [0.4, 0.5) is 22.0 Å². The summed E-state index contributed by atoms with van der Waals surface area (Å²) in [5.41, 5.74) is 7.76. The van der Waals surface area contributed by atoms with Gasteiger partial charge in [0.1, 0.15) is 17.8 Å². The maximum atomic E-state index is 13.1. The van der Waals surface area contributed by atoms with Crippen molar-refractivity contribution in [1.29, 1.82) is 0 Å². The Morgan fingerprint density at radius 1 is 1.07 bits per heavy atom. The van der Waals surface area contributed by atoms with Crippen LogP contribution >= 0.6 is 11.6 Å². The lowest BCUT2D eigenvalue weighted by Gasteiger charge is -2.10. The minimum atomic E-state index is -0.483. The number of nitrogens with two attached hydrogens (primary N) is 1. The van der Waals surface area contributed by atoms with E-state index in [1.165, 1.54) is 30.9 Å². The van der Waals surface area contributed by atoms with Crippen LogP contribution in [0.3, 0.4) is 0 Å². The molecule has 4 rings (SSSR count). The van der Waals surface area contributed by atoms with Crippen LogP contribution in [0.25, 0.3) is 11.0 Å². The van der Waals surface area contributed by atoms with Gasteiger partial charge in [-0.05, 0) is 30.3 Å². The van der Waals surface area contributed by atoms with E-state index in [-0.39, 0.29) is 27.8 Å². The summed E-state index contributed by atoms with van der Waals surface area (Å²) < 4.78 is 0. The normalized spacial score (nSPS) is 10.7. The van der Waals surface area contributed by atoms with Gasteiger partial charge in [-0.25, -0.2) is 14.8 Å². The van der Waals surface area contributed by atoms with Crippen LogP contribution in [-0.4, -0.2) is 31.8 Å². The van der Waals surface area contributed by atoms with Gasteiger partial charge in [-0.1, -0.05) is 11.6 Å². The van der Waals surface area contributed by atoms with Crippen LogP contribution in [0, 0.1) is 0 Å². The van der Waals surface area contributed by atoms with Crippen LogP contribution in [0.1, 0.15) is 15.9 Å². The highest BCUT2D eigenvalue weighted by atomic mass is 35.5. The first-order valence-electron chi connectivity index (χ1n) is 8.43. The van der Waals surface area contributed by atoms with Gasteiger partial charge in [-0.3, -0.25) is 9.78 Å². The van der Waals surface area contributed by atoms with E-state index in [2.05, 4.69) is 30.6 Å². The predicted octanol–water partition coefficient (Wildman–Crippen LogP) is 3.46. The molecule has 0 radical (unpaired) electrons. The predicted molar refractivity (Wildman–Crippen MR) is 110 cm³/mol. The van der Waals surface area contributed by atoms with Gasteiger partial charge in [0, 0.05) is 23.6 Å². The quantitative estimate of drug-likeness (QED) is 0.382. The molecule has 0 aliphatic rings. The molecule has 0 atom stereocenters. The Morgan fingerprint density at radius 2 is 1.90 bits per heavy atom. The molecule has 0 aliphatic heterocycles. The van der Waals surface area contributed by atoms with E-state index in [0.717, 1.165) is 0 Å². The van der Waals surface area contributed by atoms with Crippen molar-refractivity contribution >= 4 is 51.6 Å². The fourth-order valence-corrected chi connectivity index (χ4v) is 3.02. The largest absolute Gasteiger partial charge is 0.383 e. The topological polar surface area (TPSA) is 139 Å².